The predicted octanol–water partition coefficient (Wildman–Crippen LogP) is 1.15. The molecule has 6 heteroatoms. The number of Topliss-reactive ketones (excluding diaryl/α,β-unsaturated/α-hetero) is 1. The van der Waals surface area contributed by atoms with Crippen LogP contribution in [-0.2, 0) is 4.79 Å². The van der Waals surface area contributed by atoms with Crippen LogP contribution >= 0.6 is 0 Å². The van der Waals surface area contributed by atoms with Crippen LogP contribution in [0, 0.1) is 5.92 Å². The number of H-pyrrole nitrogens is 1. The Morgan fingerprint density at radius 1 is 1.42 bits per heavy atom. The number of aromatic nitrogens is 1. The van der Waals surface area contributed by atoms with Gasteiger partial charge in [-0.3, -0.25) is 14.4 Å². The van der Waals surface area contributed by atoms with Gasteiger partial charge in [-0.15, -0.1) is 0 Å². The molecule has 102 valence electrons. The Kier molecular flexibility index (Phi) is 3.69. The van der Waals surface area contributed by atoms with Gasteiger partial charge in [0.05, 0.1) is 5.92 Å². The van der Waals surface area contributed by atoms with E-state index < -0.39 is 11.9 Å². The Labute approximate surface area is 110 Å². The van der Waals surface area contributed by atoms with Crippen molar-refractivity contribution in [3.05, 3.63) is 23.5 Å². The van der Waals surface area contributed by atoms with E-state index in [9.17, 15) is 14.4 Å². The molecule has 0 saturated carbocycles. The maximum Gasteiger partial charge on any atom is 0.308 e. The summed E-state index contributed by atoms with van der Waals surface area (Å²) in [5.74, 6) is -1.73. The fourth-order valence-corrected chi connectivity index (χ4v) is 2.25. The molecule has 0 aromatic carbocycles. The minimum absolute atomic E-state index is 0.114. The summed E-state index contributed by atoms with van der Waals surface area (Å²) in [6.07, 6.45) is 2.78. The van der Waals surface area contributed by atoms with Crippen molar-refractivity contribution in [2.45, 2.75) is 19.8 Å². The van der Waals surface area contributed by atoms with Gasteiger partial charge >= 0.3 is 5.97 Å². The second-order valence-electron chi connectivity index (χ2n) is 4.79. The number of nitrogens with zero attached hydrogens (tertiary/aromatic N) is 1. The van der Waals surface area contributed by atoms with Crippen molar-refractivity contribution in [2.24, 2.45) is 5.92 Å². The van der Waals surface area contributed by atoms with E-state index in [0.717, 1.165) is 0 Å². The molecule has 1 aliphatic rings. The van der Waals surface area contributed by atoms with Gasteiger partial charge in [0, 0.05) is 24.8 Å². The van der Waals surface area contributed by atoms with Crippen molar-refractivity contribution in [3.63, 3.8) is 0 Å². The molecule has 19 heavy (non-hydrogen) atoms. The highest BCUT2D eigenvalue weighted by Gasteiger charge is 2.29. The van der Waals surface area contributed by atoms with Crippen LogP contribution in [0.25, 0.3) is 0 Å². The van der Waals surface area contributed by atoms with Gasteiger partial charge < -0.3 is 15.0 Å². The van der Waals surface area contributed by atoms with E-state index in [4.69, 9.17) is 5.11 Å². The molecule has 1 aromatic heterocycles. The zero-order valence-corrected chi connectivity index (χ0v) is 10.7. The van der Waals surface area contributed by atoms with Crippen molar-refractivity contribution in [1.82, 2.24) is 9.88 Å². The summed E-state index contributed by atoms with van der Waals surface area (Å²) in [6.45, 7) is 2.21. The summed E-state index contributed by atoms with van der Waals surface area (Å²) in [6, 6.07) is 1.51. The number of ketones is 1. The molecule has 1 saturated heterocycles. The molecule has 6 nitrogen and oxygen atoms in total. The molecule has 2 N–H and O–H groups in total. The third-order valence-electron chi connectivity index (χ3n) is 3.38. The van der Waals surface area contributed by atoms with Gasteiger partial charge in [0.15, 0.2) is 5.78 Å². The number of carbonyl (C=O) groups excluding carboxylic acids is 2. The number of amides is 1. The summed E-state index contributed by atoms with van der Waals surface area (Å²) in [5, 5.41) is 8.99. The number of aromatic amines is 1. The first-order chi connectivity index (χ1) is 8.99. The largest absolute Gasteiger partial charge is 0.481 e. The summed E-state index contributed by atoms with van der Waals surface area (Å²) >= 11 is 0. The van der Waals surface area contributed by atoms with E-state index in [-0.39, 0.29) is 18.2 Å². The molecule has 1 aromatic rings. The number of nitrogens with one attached hydrogen (secondary N) is 1. The molecule has 1 amide bonds. The van der Waals surface area contributed by atoms with Crippen molar-refractivity contribution < 1.29 is 19.5 Å². The van der Waals surface area contributed by atoms with Gasteiger partial charge in [0.2, 0.25) is 0 Å². The topological polar surface area (TPSA) is 90.5 Å². The zero-order valence-electron chi connectivity index (χ0n) is 10.7. The minimum Gasteiger partial charge on any atom is -0.481 e. The smallest absolute Gasteiger partial charge is 0.308 e. The van der Waals surface area contributed by atoms with Gasteiger partial charge in [0.25, 0.3) is 5.91 Å². The van der Waals surface area contributed by atoms with Crippen LogP contribution in [0.3, 0.4) is 0 Å². The first-order valence-corrected chi connectivity index (χ1v) is 6.20. The number of likely N-dealkylation sites (tertiary alicyclic amines) is 1. The monoisotopic (exact) mass is 264 g/mol. The summed E-state index contributed by atoms with van der Waals surface area (Å²) in [4.78, 5) is 38.6. The molecule has 0 spiro atoms. The predicted molar refractivity (Wildman–Crippen MR) is 67.1 cm³/mol. The number of carbonyl (C=O) groups is 3. The average Bonchev–Trinajstić information content (AvgIpc) is 2.87. The number of rotatable bonds is 3. The summed E-state index contributed by atoms with van der Waals surface area (Å²) in [5.41, 5.74) is 0.784. The lowest BCUT2D eigenvalue weighted by atomic mass is 9.98. The highest BCUT2D eigenvalue weighted by molar-refractivity contribution is 5.99. The third-order valence-corrected chi connectivity index (χ3v) is 3.38. The van der Waals surface area contributed by atoms with E-state index >= 15 is 0 Å². The van der Waals surface area contributed by atoms with Crippen LogP contribution in [-0.4, -0.2) is 45.7 Å². The fourth-order valence-electron chi connectivity index (χ4n) is 2.25. The first kappa shape index (κ1) is 13.3. The van der Waals surface area contributed by atoms with Crippen LogP contribution < -0.4 is 0 Å². The van der Waals surface area contributed by atoms with E-state index in [1.807, 2.05) is 0 Å². The van der Waals surface area contributed by atoms with Gasteiger partial charge in [0.1, 0.15) is 5.69 Å². The Hall–Kier alpha value is -2.11. The summed E-state index contributed by atoms with van der Waals surface area (Å²) in [7, 11) is 0. The van der Waals surface area contributed by atoms with E-state index in [0.29, 0.717) is 30.6 Å². The van der Waals surface area contributed by atoms with Crippen LogP contribution in [0.4, 0.5) is 0 Å². The lowest BCUT2D eigenvalue weighted by molar-refractivity contribution is -0.143. The number of carboxylic acid groups (broad SMARTS) is 1. The van der Waals surface area contributed by atoms with Crippen molar-refractivity contribution in [2.75, 3.05) is 13.1 Å². The highest BCUT2D eigenvalue weighted by atomic mass is 16.4. The van der Waals surface area contributed by atoms with Gasteiger partial charge in [-0.05, 0) is 25.8 Å². The Morgan fingerprint density at radius 3 is 2.74 bits per heavy atom. The van der Waals surface area contributed by atoms with Gasteiger partial charge in [-0.1, -0.05) is 0 Å². The van der Waals surface area contributed by atoms with E-state index in [1.54, 1.807) is 0 Å². The fraction of sp³-hybridized carbons (Fsp3) is 0.462. The standard InChI is InChI=1S/C13H16N2O4/c1-8(16)10-5-11(14-6-10)12(17)15-4-2-3-9(7-15)13(18)19/h5-6,9,14H,2-4,7H2,1H3,(H,18,19)/t9-/m1/s1. The number of aliphatic carboxylic acids is 1. The number of hydrogen-bond acceptors (Lipinski definition) is 3. The second kappa shape index (κ2) is 5.26. The van der Waals surface area contributed by atoms with E-state index in [2.05, 4.69) is 4.98 Å². The minimum atomic E-state index is -0.867. The van der Waals surface area contributed by atoms with Crippen molar-refractivity contribution in [1.29, 1.82) is 0 Å². The molecular formula is C13H16N2O4. The third kappa shape index (κ3) is 2.83. The molecule has 1 atom stereocenters. The molecule has 1 fully saturated rings. The maximum atomic E-state index is 12.2. The zero-order chi connectivity index (χ0) is 14.0. The van der Waals surface area contributed by atoms with E-state index in [1.165, 1.54) is 24.1 Å². The van der Waals surface area contributed by atoms with Gasteiger partial charge in [-0.25, -0.2) is 0 Å². The quantitative estimate of drug-likeness (QED) is 0.801. The lowest BCUT2D eigenvalue weighted by Crippen LogP contribution is -2.42. The molecule has 0 radical (unpaired) electrons. The molecule has 0 aliphatic carbocycles. The molecule has 0 bridgehead atoms. The number of piperidine rings is 1. The molecule has 2 rings (SSSR count). The van der Waals surface area contributed by atoms with Crippen LogP contribution in [0.5, 0.6) is 0 Å². The lowest BCUT2D eigenvalue weighted by Gasteiger charge is -2.30. The van der Waals surface area contributed by atoms with Crippen LogP contribution in [0.2, 0.25) is 0 Å². The number of hydrogen-bond donors (Lipinski definition) is 2. The SMILES string of the molecule is CC(=O)c1c[nH]c(C(=O)N2CCC[C@@H](C(=O)O)C2)c1. The van der Waals surface area contributed by atoms with Gasteiger partial charge in [-0.2, -0.15) is 0 Å². The Bertz CT molecular complexity index is 520. The molecular weight excluding hydrogens is 248 g/mol. The Balaban J connectivity index is 2.10. The molecule has 2 heterocycles. The van der Waals surface area contributed by atoms with Crippen LogP contribution in [0.15, 0.2) is 12.3 Å². The van der Waals surface area contributed by atoms with Crippen molar-refractivity contribution in [3.8, 4) is 0 Å². The normalized spacial score (nSPS) is 19.2. The highest BCUT2D eigenvalue weighted by Crippen LogP contribution is 2.19. The summed E-state index contributed by atoms with van der Waals surface area (Å²) < 4.78 is 0. The number of carboxylic acids is 1. The molecule has 1 aliphatic heterocycles. The van der Waals surface area contributed by atoms with Crippen LogP contribution in [0.1, 0.15) is 40.6 Å². The maximum absolute atomic E-state index is 12.2. The Morgan fingerprint density at radius 2 is 2.16 bits per heavy atom. The second-order valence-corrected chi connectivity index (χ2v) is 4.79. The average molecular weight is 264 g/mol. The first-order valence-electron chi connectivity index (χ1n) is 6.20. The molecule has 0 unspecified atom stereocenters. The van der Waals surface area contributed by atoms with Crippen molar-refractivity contribution >= 4 is 17.7 Å².